The molecule has 3 unspecified atom stereocenters. The lowest BCUT2D eigenvalue weighted by Crippen LogP contribution is -2.33. The standard InChI is InChI=1S/C53H38N2/c1-3-14-34(15-4-1)33-54-52(37-16-5-2-6-17-37)42-32-38-30-31-39(42)40-20-8-10-26-47(40)55(38)48-27-13-25-46-51(48)41-21-7-9-22-43(41)53(46)44-23-11-18-35-28-29-36-19-12-24-45(53)50(36)49(35)44/h1-30,32,39,41,43H,31,33H2. The molecule has 0 saturated carbocycles. The average Bonchev–Trinajstić information content (AvgIpc) is 3.61. The first-order valence-corrected chi connectivity index (χ1v) is 19.7. The van der Waals surface area contributed by atoms with Crippen LogP contribution in [0.25, 0.3) is 21.5 Å². The third kappa shape index (κ3) is 4.23. The minimum absolute atomic E-state index is 0.188. The van der Waals surface area contributed by atoms with Gasteiger partial charge in [0, 0.05) is 29.1 Å². The van der Waals surface area contributed by atoms with Gasteiger partial charge >= 0.3 is 0 Å². The Morgan fingerprint density at radius 1 is 0.618 bits per heavy atom. The molecule has 260 valence electrons. The van der Waals surface area contributed by atoms with Crippen LogP contribution in [0.15, 0.2) is 204 Å². The van der Waals surface area contributed by atoms with Crippen LogP contribution in [0, 0.1) is 5.92 Å². The monoisotopic (exact) mass is 702 g/mol. The summed E-state index contributed by atoms with van der Waals surface area (Å²) in [4.78, 5) is 8.01. The maximum Gasteiger partial charge on any atom is 0.0689 e. The molecule has 0 aromatic heterocycles. The van der Waals surface area contributed by atoms with Crippen molar-refractivity contribution in [3.8, 4) is 0 Å². The molecule has 7 aromatic carbocycles. The Morgan fingerprint density at radius 3 is 2.05 bits per heavy atom. The molecule has 2 heteroatoms. The predicted molar refractivity (Wildman–Crippen MR) is 228 cm³/mol. The summed E-state index contributed by atoms with van der Waals surface area (Å²) < 4.78 is 0. The maximum atomic E-state index is 5.42. The topological polar surface area (TPSA) is 15.6 Å². The zero-order valence-electron chi connectivity index (χ0n) is 30.4. The number of hydrogen-bond acceptors (Lipinski definition) is 2. The van der Waals surface area contributed by atoms with Crippen molar-refractivity contribution in [3.05, 3.63) is 238 Å². The molecular formula is C53H38N2. The Kier molecular flexibility index (Phi) is 6.60. The summed E-state index contributed by atoms with van der Waals surface area (Å²) in [6, 6.07) is 56.3. The highest BCUT2D eigenvalue weighted by Crippen LogP contribution is 2.66. The van der Waals surface area contributed by atoms with Crippen LogP contribution in [0.2, 0.25) is 0 Å². The van der Waals surface area contributed by atoms with Gasteiger partial charge in [-0.1, -0.05) is 170 Å². The van der Waals surface area contributed by atoms with Crippen molar-refractivity contribution in [2.24, 2.45) is 10.9 Å². The van der Waals surface area contributed by atoms with Gasteiger partial charge in [0.2, 0.25) is 0 Å². The van der Waals surface area contributed by atoms with Crippen molar-refractivity contribution in [1.82, 2.24) is 0 Å². The van der Waals surface area contributed by atoms with Gasteiger partial charge in [-0.15, -0.1) is 0 Å². The van der Waals surface area contributed by atoms with Gasteiger partial charge in [-0.2, -0.15) is 0 Å². The SMILES string of the molecule is C1=CC2c3c(N4C5=CCC(C(C(=NCc6ccccc6)c6ccccc6)=C5)c5ccccc54)cccc3C3(c4cccc5ccc6cccc3c6c45)C2C=C1. The number of rotatable bonds is 5. The summed E-state index contributed by atoms with van der Waals surface area (Å²) >= 11 is 0. The summed E-state index contributed by atoms with van der Waals surface area (Å²) in [6.45, 7) is 0.638. The van der Waals surface area contributed by atoms with Crippen LogP contribution < -0.4 is 4.90 Å². The number of anilines is 2. The number of benzene rings is 7. The van der Waals surface area contributed by atoms with Gasteiger partial charge in [0.05, 0.1) is 23.4 Å². The Hall–Kier alpha value is -6.51. The minimum Gasteiger partial charge on any atom is -0.310 e. The van der Waals surface area contributed by atoms with E-state index in [0.717, 1.165) is 17.7 Å². The van der Waals surface area contributed by atoms with Gasteiger partial charge in [0.25, 0.3) is 0 Å². The zero-order chi connectivity index (χ0) is 36.1. The second kappa shape index (κ2) is 11.7. The maximum absolute atomic E-state index is 5.42. The lowest BCUT2D eigenvalue weighted by atomic mass is 9.65. The average molecular weight is 703 g/mol. The van der Waals surface area contributed by atoms with Crippen molar-refractivity contribution in [3.63, 3.8) is 0 Å². The molecule has 2 heterocycles. The Labute approximate surface area is 321 Å². The predicted octanol–water partition coefficient (Wildman–Crippen LogP) is 12.6. The van der Waals surface area contributed by atoms with E-state index < -0.39 is 0 Å². The molecule has 4 aliphatic carbocycles. The highest BCUT2D eigenvalue weighted by molar-refractivity contribution is 6.16. The second-order valence-electron chi connectivity index (χ2n) is 15.7. The molecule has 55 heavy (non-hydrogen) atoms. The first kappa shape index (κ1) is 30.9. The Bertz CT molecular complexity index is 2830. The lowest BCUT2D eigenvalue weighted by Gasteiger charge is -2.36. The highest BCUT2D eigenvalue weighted by Gasteiger charge is 2.57. The van der Waals surface area contributed by atoms with Crippen LogP contribution in [0.3, 0.4) is 0 Å². The van der Waals surface area contributed by atoms with E-state index in [1.807, 2.05) is 0 Å². The fourth-order valence-electron chi connectivity index (χ4n) is 11.0. The molecule has 3 atom stereocenters. The molecule has 0 radical (unpaired) electrons. The molecule has 2 nitrogen and oxygen atoms in total. The molecule has 13 rings (SSSR count). The van der Waals surface area contributed by atoms with Gasteiger partial charge in [-0.05, 0) is 90.7 Å². The number of para-hydroxylation sites is 1. The summed E-state index contributed by atoms with van der Waals surface area (Å²) in [5.74, 6) is 0.665. The third-order valence-corrected chi connectivity index (χ3v) is 13.1. The number of hydrogen-bond donors (Lipinski definition) is 0. The van der Waals surface area contributed by atoms with E-state index in [2.05, 4.69) is 193 Å². The van der Waals surface area contributed by atoms with E-state index in [1.165, 1.54) is 77.6 Å². The minimum atomic E-state index is -0.288. The van der Waals surface area contributed by atoms with Gasteiger partial charge in [-0.3, -0.25) is 4.99 Å². The molecule has 0 saturated heterocycles. The molecule has 7 aromatic rings. The number of nitrogens with zero attached hydrogens (tertiary/aromatic N) is 2. The van der Waals surface area contributed by atoms with Gasteiger partial charge in [0.15, 0.2) is 0 Å². The Balaban J connectivity index is 1.09. The van der Waals surface area contributed by atoms with E-state index in [-0.39, 0.29) is 23.2 Å². The smallest absolute Gasteiger partial charge is 0.0689 e. The van der Waals surface area contributed by atoms with E-state index in [4.69, 9.17) is 4.99 Å². The molecule has 0 amide bonds. The Morgan fingerprint density at radius 2 is 1.27 bits per heavy atom. The van der Waals surface area contributed by atoms with Crippen molar-refractivity contribution >= 4 is 38.6 Å². The van der Waals surface area contributed by atoms with E-state index in [0.29, 0.717) is 6.54 Å². The first-order chi connectivity index (χ1) is 27.3. The van der Waals surface area contributed by atoms with Crippen LogP contribution >= 0.6 is 0 Å². The van der Waals surface area contributed by atoms with E-state index >= 15 is 0 Å². The molecule has 1 spiro atoms. The fourth-order valence-corrected chi connectivity index (χ4v) is 11.0. The normalized spacial score (nSPS) is 20.8. The first-order valence-electron chi connectivity index (χ1n) is 19.7. The fraction of sp³-hybridized carbons (Fsp3) is 0.113. The van der Waals surface area contributed by atoms with Crippen molar-refractivity contribution in [1.29, 1.82) is 0 Å². The summed E-state index contributed by atoms with van der Waals surface area (Å²) in [5, 5.41) is 5.51. The second-order valence-corrected chi connectivity index (χ2v) is 15.7. The molecule has 0 fully saturated rings. The lowest BCUT2D eigenvalue weighted by molar-refractivity contribution is 0.467. The van der Waals surface area contributed by atoms with Gasteiger partial charge in [0.1, 0.15) is 0 Å². The van der Waals surface area contributed by atoms with Crippen LogP contribution in [0.1, 0.15) is 57.2 Å². The van der Waals surface area contributed by atoms with Crippen molar-refractivity contribution in [2.45, 2.75) is 30.2 Å². The quantitative estimate of drug-likeness (QED) is 0.129. The van der Waals surface area contributed by atoms with Crippen LogP contribution in [-0.4, -0.2) is 5.71 Å². The van der Waals surface area contributed by atoms with Gasteiger partial charge in [-0.25, -0.2) is 0 Å². The summed E-state index contributed by atoms with van der Waals surface area (Å²) in [6.07, 6.45) is 15.4. The van der Waals surface area contributed by atoms with E-state index in [1.54, 1.807) is 0 Å². The zero-order valence-corrected chi connectivity index (χ0v) is 30.4. The highest BCUT2D eigenvalue weighted by atomic mass is 15.2. The number of allylic oxidation sites excluding steroid dienone is 7. The summed E-state index contributed by atoms with van der Waals surface area (Å²) in [5.41, 5.74) is 15.3. The largest absolute Gasteiger partial charge is 0.310 e. The molecule has 0 N–H and O–H groups in total. The number of aliphatic imine (C=N–C) groups is 1. The molecule has 2 aliphatic heterocycles. The molecule has 2 bridgehead atoms. The number of fused-ring (bicyclic) bond motifs is 8. The van der Waals surface area contributed by atoms with Crippen molar-refractivity contribution in [2.75, 3.05) is 4.90 Å². The third-order valence-electron chi connectivity index (χ3n) is 13.1. The van der Waals surface area contributed by atoms with E-state index in [9.17, 15) is 0 Å². The molecular weight excluding hydrogens is 665 g/mol. The van der Waals surface area contributed by atoms with Crippen LogP contribution in [0.4, 0.5) is 11.4 Å². The van der Waals surface area contributed by atoms with Crippen LogP contribution in [-0.2, 0) is 12.0 Å². The van der Waals surface area contributed by atoms with Crippen LogP contribution in [0.5, 0.6) is 0 Å². The van der Waals surface area contributed by atoms with Gasteiger partial charge < -0.3 is 4.90 Å². The molecule has 6 aliphatic rings. The van der Waals surface area contributed by atoms with Crippen molar-refractivity contribution < 1.29 is 0 Å². The summed E-state index contributed by atoms with van der Waals surface area (Å²) in [7, 11) is 0.